The van der Waals surface area contributed by atoms with Crippen LogP contribution < -0.4 is 4.72 Å². The van der Waals surface area contributed by atoms with Crippen molar-refractivity contribution in [3.05, 3.63) is 46.4 Å². The number of nitrogens with one attached hydrogen (secondary N) is 1. The number of aromatic nitrogens is 1. The normalized spacial score (nSPS) is 13.3. The van der Waals surface area contributed by atoms with Crippen LogP contribution >= 0.6 is 11.3 Å². The lowest BCUT2D eigenvalue weighted by molar-refractivity contribution is 0.282. The van der Waals surface area contributed by atoms with E-state index in [-0.39, 0.29) is 17.4 Å². The second kappa shape index (κ2) is 6.45. The molecule has 2 N–H and O–H groups in total. The van der Waals surface area contributed by atoms with Crippen LogP contribution in [0.25, 0.3) is 0 Å². The molecule has 0 aliphatic rings. The van der Waals surface area contributed by atoms with E-state index in [0.29, 0.717) is 12.1 Å². The maximum absolute atomic E-state index is 12.1. The molecule has 0 saturated carbocycles. The highest BCUT2D eigenvalue weighted by molar-refractivity contribution is 7.89. The van der Waals surface area contributed by atoms with E-state index < -0.39 is 10.0 Å². The molecule has 0 aliphatic carbocycles. The van der Waals surface area contributed by atoms with Crippen molar-refractivity contribution in [2.24, 2.45) is 0 Å². The Hall–Kier alpha value is -1.28. The maximum atomic E-state index is 12.1. The van der Waals surface area contributed by atoms with Gasteiger partial charge in [0, 0.05) is 24.0 Å². The summed E-state index contributed by atoms with van der Waals surface area (Å²) in [6.45, 7) is 2.13. The zero-order valence-corrected chi connectivity index (χ0v) is 12.6. The molecule has 1 aromatic carbocycles. The van der Waals surface area contributed by atoms with E-state index in [0.717, 1.165) is 5.01 Å². The van der Waals surface area contributed by atoms with Crippen LogP contribution in [0.15, 0.2) is 40.7 Å². The molecule has 5 nitrogen and oxygen atoms in total. The molecular formula is C13H16N2O3S2. The third-order valence-electron chi connectivity index (χ3n) is 2.87. The summed E-state index contributed by atoms with van der Waals surface area (Å²) in [6.07, 6.45) is 1.71. The van der Waals surface area contributed by atoms with Gasteiger partial charge in [0.05, 0.1) is 16.5 Å². The summed E-state index contributed by atoms with van der Waals surface area (Å²) in [5.74, 6) is 0.0292. The van der Waals surface area contributed by atoms with Crippen molar-refractivity contribution in [2.45, 2.75) is 24.3 Å². The molecule has 0 radical (unpaired) electrons. The summed E-state index contributed by atoms with van der Waals surface area (Å²) in [5, 5.41) is 11.7. The number of rotatable bonds is 6. The SMILES string of the molecule is CC(CNS(=O)(=O)c1ccc(CO)cc1)c1nccs1. The van der Waals surface area contributed by atoms with Crippen molar-refractivity contribution in [1.82, 2.24) is 9.71 Å². The third kappa shape index (κ3) is 3.63. The van der Waals surface area contributed by atoms with Crippen molar-refractivity contribution in [3.8, 4) is 0 Å². The monoisotopic (exact) mass is 312 g/mol. The second-order valence-electron chi connectivity index (χ2n) is 4.43. The number of aliphatic hydroxyl groups is 1. The average molecular weight is 312 g/mol. The summed E-state index contributed by atoms with van der Waals surface area (Å²) < 4.78 is 26.8. The molecule has 1 atom stereocenters. The lowest BCUT2D eigenvalue weighted by Gasteiger charge is -2.11. The maximum Gasteiger partial charge on any atom is 0.240 e. The molecule has 0 saturated heterocycles. The van der Waals surface area contributed by atoms with Gasteiger partial charge in [-0.3, -0.25) is 0 Å². The predicted molar refractivity (Wildman–Crippen MR) is 78.1 cm³/mol. The highest BCUT2D eigenvalue weighted by Crippen LogP contribution is 2.18. The molecule has 0 bridgehead atoms. The van der Waals surface area contributed by atoms with Gasteiger partial charge in [-0.15, -0.1) is 11.3 Å². The van der Waals surface area contributed by atoms with E-state index in [9.17, 15) is 8.42 Å². The number of hydrogen-bond acceptors (Lipinski definition) is 5. The van der Waals surface area contributed by atoms with Gasteiger partial charge in [0.25, 0.3) is 0 Å². The smallest absolute Gasteiger partial charge is 0.240 e. The van der Waals surface area contributed by atoms with Crippen LogP contribution in [-0.4, -0.2) is 25.1 Å². The van der Waals surface area contributed by atoms with Gasteiger partial charge < -0.3 is 5.11 Å². The minimum absolute atomic E-state index is 0.0292. The summed E-state index contributed by atoms with van der Waals surface area (Å²) in [7, 11) is -3.53. The topological polar surface area (TPSA) is 79.3 Å². The van der Waals surface area contributed by atoms with Crippen molar-refractivity contribution in [1.29, 1.82) is 0 Å². The number of thiazole rings is 1. The van der Waals surface area contributed by atoms with Crippen molar-refractivity contribution >= 4 is 21.4 Å². The fourth-order valence-corrected chi connectivity index (χ4v) is 3.49. The highest BCUT2D eigenvalue weighted by atomic mass is 32.2. The number of hydrogen-bond donors (Lipinski definition) is 2. The Morgan fingerprint density at radius 2 is 2.05 bits per heavy atom. The largest absolute Gasteiger partial charge is 0.392 e. The first-order valence-corrected chi connectivity index (χ1v) is 8.48. The van der Waals surface area contributed by atoms with Crippen LogP contribution in [-0.2, 0) is 16.6 Å². The third-order valence-corrected chi connectivity index (χ3v) is 5.32. The average Bonchev–Trinajstić information content (AvgIpc) is 2.99. The quantitative estimate of drug-likeness (QED) is 0.851. The summed E-state index contributed by atoms with van der Waals surface area (Å²) in [4.78, 5) is 4.36. The van der Waals surface area contributed by atoms with Gasteiger partial charge in [0.15, 0.2) is 0 Å². The standard InChI is InChI=1S/C13H16N2O3S2/c1-10(13-14-6-7-19-13)8-15-20(17,18)12-4-2-11(9-16)3-5-12/h2-7,10,15-16H,8-9H2,1H3. The van der Waals surface area contributed by atoms with Gasteiger partial charge in [-0.1, -0.05) is 19.1 Å². The Kier molecular flexibility index (Phi) is 4.87. The lowest BCUT2D eigenvalue weighted by Crippen LogP contribution is -2.27. The molecule has 0 spiro atoms. The van der Waals surface area contributed by atoms with Crippen molar-refractivity contribution in [3.63, 3.8) is 0 Å². The molecule has 108 valence electrons. The fraction of sp³-hybridized carbons (Fsp3) is 0.308. The number of nitrogens with zero attached hydrogens (tertiary/aromatic N) is 1. The number of aliphatic hydroxyl groups excluding tert-OH is 1. The zero-order valence-electron chi connectivity index (χ0n) is 11.0. The minimum Gasteiger partial charge on any atom is -0.392 e. The van der Waals surface area contributed by atoms with Crippen LogP contribution in [0.4, 0.5) is 0 Å². The van der Waals surface area contributed by atoms with Crippen LogP contribution in [0.1, 0.15) is 23.4 Å². The Morgan fingerprint density at radius 3 is 2.60 bits per heavy atom. The number of sulfonamides is 1. The Morgan fingerprint density at radius 1 is 1.35 bits per heavy atom. The molecule has 1 unspecified atom stereocenters. The van der Waals surface area contributed by atoms with Crippen LogP contribution in [0.2, 0.25) is 0 Å². The molecule has 2 aromatic rings. The van der Waals surface area contributed by atoms with E-state index in [1.165, 1.54) is 23.5 Å². The van der Waals surface area contributed by atoms with E-state index in [1.807, 2.05) is 12.3 Å². The predicted octanol–water partition coefficient (Wildman–Crippen LogP) is 1.72. The van der Waals surface area contributed by atoms with E-state index in [1.54, 1.807) is 18.3 Å². The molecule has 7 heteroatoms. The van der Waals surface area contributed by atoms with Gasteiger partial charge in [-0.2, -0.15) is 0 Å². The van der Waals surface area contributed by atoms with Gasteiger partial charge in [0.2, 0.25) is 10.0 Å². The summed E-state index contributed by atoms with van der Waals surface area (Å²) >= 11 is 1.51. The molecule has 20 heavy (non-hydrogen) atoms. The van der Waals surface area contributed by atoms with Gasteiger partial charge in [-0.05, 0) is 17.7 Å². The molecule has 0 fully saturated rings. The summed E-state index contributed by atoms with van der Waals surface area (Å²) in [6, 6.07) is 6.17. The first kappa shape index (κ1) is 15.1. The van der Waals surface area contributed by atoms with Crippen LogP contribution in [0.3, 0.4) is 0 Å². The van der Waals surface area contributed by atoms with Gasteiger partial charge in [0.1, 0.15) is 0 Å². The van der Waals surface area contributed by atoms with Crippen LogP contribution in [0, 0.1) is 0 Å². The van der Waals surface area contributed by atoms with E-state index in [4.69, 9.17) is 5.11 Å². The Labute approximate surface area is 122 Å². The number of benzene rings is 1. The van der Waals surface area contributed by atoms with E-state index in [2.05, 4.69) is 9.71 Å². The molecule has 1 aromatic heterocycles. The minimum atomic E-state index is -3.53. The van der Waals surface area contributed by atoms with Gasteiger partial charge in [-0.25, -0.2) is 18.1 Å². The highest BCUT2D eigenvalue weighted by Gasteiger charge is 2.16. The molecule has 0 amide bonds. The van der Waals surface area contributed by atoms with Crippen LogP contribution in [0.5, 0.6) is 0 Å². The zero-order chi connectivity index (χ0) is 14.6. The lowest BCUT2D eigenvalue weighted by atomic mass is 10.2. The Balaban J connectivity index is 2.03. The van der Waals surface area contributed by atoms with Crippen molar-refractivity contribution in [2.75, 3.05) is 6.54 Å². The molecule has 2 rings (SSSR count). The van der Waals surface area contributed by atoms with Crippen molar-refractivity contribution < 1.29 is 13.5 Å². The van der Waals surface area contributed by atoms with E-state index >= 15 is 0 Å². The van der Waals surface area contributed by atoms with Gasteiger partial charge >= 0.3 is 0 Å². The Bertz CT molecular complexity index is 637. The first-order valence-electron chi connectivity index (χ1n) is 6.12. The molecule has 0 aliphatic heterocycles. The second-order valence-corrected chi connectivity index (χ2v) is 7.12. The first-order chi connectivity index (χ1) is 9.53. The molecular weight excluding hydrogens is 296 g/mol. The fourth-order valence-electron chi connectivity index (χ4n) is 1.66. The molecule has 1 heterocycles. The summed E-state index contributed by atoms with van der Waals surface area (Å²) in [5.41, 5.74) is 0.681.